The molecule has 0 spiro atoms. The molecule has 0 bridgehead atoms. The zero-order valence-corrected chi connectivity index (χ0v) is 10.8. The number of benzene rings is 1. The van der Waals surface area contributed by atoms with E-state index in [1.807, 2.05) is 35.9 Å². The first-order valence-corrected chi connectivity index (χ1v) is 6.51. The van der Waals surface area contributed by atoms with Gasteiger partial charge in [-0.15, -0.1) is 0 Å². The fourth-order valence-electron chi connectivity index (χ4n) is 1.61. The van der Waals surface area contributed by atoms with Crippen molar-refractivity contribution in [2.75, 3.05) is 0 Å². The Bertz CT molecular complexity index is 487. The molecule has 3 heteroatoms. The van der Waals surface area contributed by atoms with Crippen LogP contribution < -0.4 is 5.32 Å². The van der Waals surface area contributed by atoms with Crippen LogP contribution in [0.4, 0.5) is 0 Å². The number of hydrogen-bond donors (Lipinski definition) is 1. The molecule has 0 saturated heterocycles. The third kappa shape index (κ3) is 2.94. The predicted molar refractivity (Wildman–Crippen MR) is 71.4 cm³/mol. The summed E-state index contributed by atoms with van der Waals surface area (Å²) in [7, 11) is 0. The maximum absolute atomic E-state index is 11.9. The van der Waals surface area contributed by atoms with Crippen LogP contribution in [0.2, 0.25) is 0 Å². The number of carbonyl (C=O) groups excluding carboxylic acids is 1. The van der Waals surface area contributed by atoms with E-state index >= 15 is 0 Å². The van der Waals surface area contributed by atoms with Gasteiger partial charge in [-0.1, -0.05) is 29.8 Å². The van der Waals surface area contributed by atoms with Crippen LogP contribution in [-0.2, 0) is 0 Å². The van der Waals surface area contributed by atoms with Crippen molar-refractivity contribution in [3.05, 3.63) is 57.8 Å². The Balaban J connectivity index is 2.04. The summed E-state index contributed by atoms with van der Waals surface area (Å²) in [6.45, 7) is 4.05. The Kier molecular flexibility index (Phi) is 3.59. The highest BCUT2D eigenvalue weighted by atomic mass is 32.1. The molecule has 2 nitrogen and oxygen atoms in total. The van der Waals surface area contributed by atoms with Crippen molar-refractivity contribution in [3.63, 3.8) is 0 Å². The Morgan fingerprint density at radius 2 is 1.94 bits per heavy atom. The molecule has 17 heavy (non-hydrogen) atoms. The lowest BCUT2D eigenvalue weighted by Gasteiger charge is -2.14. The Labute approximate surface area is 105 Å². The first-order valence-electron chi connectivity index (χ1n) is 5.56. The summed E-state index contributed by atoms with van der Waals surface area (Å²) in [6.07, 6.45) is 0. The Morgan fingerprint density at radius 1 is 1.24 bits per heavy atom. The van der Waals surface area contributed by atoms with Gasteiger partial charge in [-0.05, 0) is 30.9 Å². The summed E-state index contributed by atoms with van der Waals surface area (Å²) >= 11 is 1.53. The number of amides is 1. The molecule has 2 aromatic rings. The van der Waals surface area contributed by atoms with Gasteiger partial charge in [-0.25, -0.2) is 0 Å². The van der Waals surface area contributed by atoms with Crippen LogP contribution in [0, 0.1) is 6.92 Å². The van der Waals surface area contributed by atoms with Crippen molar-refractivity contribution in [3.8, 4) is 0 Å². The molecule has 88 valence electrons. The van der Waals surface area contributed by atoms with Gasteiger partial charge in [0.15, 0.2) is 0 Å². The molecule has 2 rings (SSSR count). The van der Waals surface area contributed by atoms with E-state index in [1.54, 1.807) is 0 Å². The molecule has 1 aromatic carbocycles. The van der Waals surface area contributed by atoms with Crippen LogP contribution in [0.1, 0.15) is 34.5 Å². The molecule has 0 unspecified atom stereocenters. The molecule has 1 amide bonds. The fourth-order valence-corrected chi connectivity index (χ4v) is 2.25. The zero-order chi connectivity index (χ0) is 12.3. The van der Waals surface area contributed by atoms with E-state index in [4.69, 9.17) is 0 Å². The lowest BCUT2D eigenvalue weighted by Crippen LogP contribution is -2.26. The molecule has 1 N–H and O–H groups in total. The van der Waals surface area contributed by atoms with Crippen LogP contribution >= 0.6 is 11.3 Å². The molecule has 1 heterocycles. The van der Waals surface area contributed by atoms with E-state index in [-0.39, 0.29) is 11.9 Å². The normalized spacial score (nSPS) is 12.1. The minimum atomic E-state index is -0.0145. The predicted octanol–water partition coefficient (Wildman–Crippen LogP) is 3.55. The standard InChI is InChI=1S/C14H15NOS/c1-10-3-5-12(6-4-10)11(2)15-14(16)13-7-8-17-9-13/h3-9,11H,1-2H3,(H,15,16)/t11-/m0/s1. The highest BCUT2D eigenvalue weighted by Gasteiger charge is 2.11. The van der Waals surface area contributed by atoms with Gasteiger partial charge in [0, 0.05) is 5.38 Å². The number of thiophene rings is 1. The molecule has 0 aliphatic heterocycles. The summed E-state index contributed by atoms with van der Waals surface area (Å²) < 4.78 is 0. The van der Waals surface area contributed by atoms with Crippen molar-refractivity contribution < 1.29 is 4.79 Å². The van der Waals surface area contributed by atoms with Crippen molar-refractivity contribution in [2.45, 2.75) is 19.9 Å². The molecular formula is C14H15NOS. The van der Waals surface area contributed by atoms with Gasteiger partial charge in [0.25, 0.3) is 5.91 Å². The summed E-state index contributed by atoms with van der Waals surface area (Å²) in [5.41, 5.74) is 3.08. The van der Waals surface area contributed by atoms with Gasteiger partial charge >= 0.3 is 0 Å². The Hall–Kier alpha value is -1.61. The highest BCUT2D eigenvalue weighted by Crippen LogP contribution is 2.14. The number of aryl methyl sites for hydroxylation is 1. The van der Waals surface area contributed by atoms with Gasteiger partial charge in [-0.3, -0.25) is 4.79 Å². The van der Waals surface area contributed by atoms with E-state index in [0.29, 0.717) is 0 Å². The Morgan fingerprint density at radius 3 is 2.53 bits per heavy atom. The average molecular weight is 245 g/mol. The monoisotopic (exact) mass is 245 g/mol. The maximum Gasteiger partial charge on any atom is 0.252 e. The first kappa shape index (κ1) is 11.9. The summed E-state index contributed by atoms with van der Waals surface area (Å²) in [4.78, 5) is 11.9. The lowest BCUT2D eigenvalue weighted by atomic mass is 10.1. The lowest BCUT2D eigenvalue weighted by molar-refractivity contribution is 0.0940. The highest BCUT2D eigenvalue weighted by molar-refractivity contribution is 7.08. The maximum atomic E-state index is 11.9. The van der Waals surface area contributed by atoms with Crippen molar-refractivity contribution >= 4 is 17.2 Å². The number of nitrogens with one attached hydrogen (secondary N) is 1. The van der Waals surface area contributed by atoms with Gasteiger partial charge in [0.05, 0.1) is 11.6 Å². The smallest absolute Gasteiger partial charge is 0.252 e. The quantitative estimate of drug-likeness (QED) is 0.880. The molecule has 0 aliphatic rings. The molecule has 0 saturated carbocycles. The molecular weight excluding hydrogens is 230 g/mol. The average Bonchev–Trinajstić information content (AvgIpc) is 2.83. The van der Waals surface area contributed by atoms with Gasteiger partial charge in [0.1, 0.15) is 0 Å². The third-order valence-corrected chi connectivity index (χ3v) is 3.39. The number of hydrogen-bond acceptors (Lipinski definition) is 2. The number of carbonyl (C=O) groups is 1. The van der Waals surface area contributed by atoms with Crippen molar-refractivity contribution in [1.82, 2.24) is 5.32 Å². The minimum Gasteiger partial charge on any atom is -0.345 e. The number of rotatable bonds is 3. The molecule has 0 aliphatic carbocycles. The second-order valence-corrected chi connectivity index (χ2v) is 4.90. The molecule has 1 aromatic heterocycles. The van der Waals surface area contributed by atoms with Crippen molar-refractivity contribution in [1.29, 1.82) is 0 Å². The minimum absolute atomic E-state index is 0.0145. The van der Waals surface area contributed by atoms with Gasteiger partial charge in [-0.2, -0.15) is 11.3 Å². The van der Waals surface area contributed by atoms with Crippen LogP contribution in [0.3, 0.4) is 0 Å². The molecule has 0 radical (unpaired) electrons. The molecule has 1 atom stereocenters. The zero-order valence-electron chi connectivity index (χ0n) is 9.94. The van der Waals surface area contributed by atoms with E-state index in [2.05, 4.69) is 24.4 Å². The van der Waals surface area contributed by atoms with Crippen LogP contribution in [0.5, 0.6) is 0 Å². The topological polar surface area (TPSA) is 29.1 Å². The summed E-state index contributed by atoms with van der Waals surface area (Å²) in [5.74, 6) is -0.0145. The van der Waals surface area contributed by atoms with E-state index in [0.717, 1.165) is 11.1 Å². The van der Waals surface area contributed by atoms with E-state index in [1.165, 1.54) is 16.9 Å². The van der Waals surface area contributed by atoms with Crippen LogP contribution in [-0.4, -0.2) is 5.91 Å². The van der Waals surface area contributed by atoms with Crippen LogP contribution in [0.15, 0.2) is 41.1 Å². The SMILES string of the molecule is Cc1ccc([C@H](C)NC(=O)c2ccsc2)cc1. The van der Waals surface area contributed by atoms with Crippen molar-refractivity contribution in [2.24, 2.45) is 0 Å². The first-order chi connectivity index (χ1) is 8.16. The fraction of sp³-hybridized carbons (Fsp3) is 0.214. The summed E-state index contributed by atoms with van der Waals surface area (Å²) in [6, 6.07) is 10.1. The summed E-state index contributed by atoms with van der Waals surface area (Å²) in [5, 5.41) is 6.75. The van der Waals surface area contributed by atoms with E-state index in [9.17, 15) is 4.79 Å². The van der Waals surface area contributed by atoms with Gasteiger partial charge in [0.2, 0.25) is 0 Å². The molecule has 0 fully saturated rings. The van der Waals surface area contributed by atoms with Crippen LogP contribution in [0.25, 0.3) is 0 Å². The van der Waals surface area contributed by atoms with Gasteiger partial charge < -0.3 is 5.32 Å². The second-order valence-electron chi connectivity index (χ2n) is 4.12. The largest absolute Gasteiger partial charge is 0.345 e. The third-order valence-electron chi connectivity index (χ3n) is 2.71. The van der Waals surface area contributed by atoms with E-state index < -0.39 is 0 Å². The second kappa shape index (κ2) is 5.15.